The second-order valence-corrected chi connectivity index (χ2v) is 12.5. The van der Waals surface area contributed by atoms with E-state index < -0.39 is 29.2 Å². The molecule has 1 amide bonds. The molecule has 2 fully saturated rings. The lowest BCUT2D eigenvalue weighted by Crippen LogP contribution is -2.65. The fourth-order valence-corrected chi connectivity index (χ4v) is 7.02. The number of morpholine rings is 2. The summed E-state index contributed by atoms with van der Waals surface area (Å²) >= 11 is 0. The second kappa shape index (κ2) is 13.7. The molecule has 0 radical (unpaired) electrons. The lowest BCUT2D eigenvalue weighted by molar-refractivity contribution is -0.220. The van der Waals surface area contributed by atoms with Crippen molar-refractivity contribution in [2.45, 2.75) is 30.4 Å². The van der Waals surface area contributed by atoms with E-state index in [-0.39, 0.29) is 11.7 Å². The van der Waals surface area contributed by atoms with E-state index in [1.807, 2.05) is 24.3 Å². The van der Waals surface area contributed by atoms with E-state index in [1.165, 1.54) is 4.57 Å². The molecule has 2 aliphatic heterocycles. The number of anilines is 1. The molecule has 4 aromatic carbocycles. The number of aromatic nitrogens is 2. The molecule has 3 heterocycles. The van der Waals surface area contributed by atoms with Crippen LogP contribution < -0.4 is 16.3 Å². The van der Waals surface area contributed by atoms with E-state index in [1.54, 1.807) is 36.5 Å². The summed E-state index contributed by atoms with van der Waals surface area (Å²) in [5, 5.41) is 6.23. The van der Waals surface area contributed by atoms with Gasteiger partial charge in [-0.3, -0.25) is 14.3 Å². The van der Waals surface area contributed by atoms with Crippen molar-refractivity contribution < 1.29 is 14.3 Å². The summed E-state index contributed by atoms with van der Waals surface area (Å²) in [5.74, 6) is -0.165. The molecule has 3 unspecified atom stereocenters. The molecule has 2 aliphatic rings. The Labute approximate surface area is 280 Å². The first-order chi connectivity index (χ1) is 23.5. The van der Waals surface area contributed by atoms with Gasteiger partial charge in [-0.25, -0.2) is 4.79 Å². The molecular formula is C39H39N5O4. The van der Waals surface area contributed by atoms with Gasteiger partial charge >= 0.3 is 5.69 Å². The van der Waals surface area contributed by atoms with Crippen molar-refractivity contribution in [3.05, 3.63) is 166 Å². The van der Waals surface area contributed by atoms with Crippen molar-refractivity contribution in [3.8, 4) is 0 Å². The van der Waals surface area contributed by atoms with E-state index in [0.29, 0.717) is 31.8 Å². The molecule has 3 atom stereocenters. The summed E-state index contributed by atoms with van der Waals surface area (Å²) in [6.07, 6.45) is 0.531. The highest BCUT2D eigenvalue weighted by Gasteiger charge is 2.50. The van der Waals surface area contributed by atoms with Crippen LogP contribution in [0, 0.1) is 0 Å². The first kappa shape index (κ1) is 31.7. The van der Waals surface area contributed by atoms with Crippen molar-refractivity contribution in [2.24, 2.45) is 0 Å². The quantitative estimate of drug-likeness (QED) is 0.229. The molecule has 2 saturated heterocycles. The lowest BCUT2D eigenvalue weighted by atomic mass is 9.74. The number of hydrogen-bond donors (Lipinski definition) is 2. The molecule has 9 nitrogen and oxygen atoms in total. The van der Waals surface area contributed by atoms with Crippen molar-refractivity contribution in [1.29, 1.82) is 0 Å². The second-order valence-electron chi connectivity index (χ2n) is 12.5. The number of amides is 1. The normalized spacial score (nSPS) is 21.8. The van der Waals surface area contributed by atoms with E-state index in [9.17, 15) is 9.59 Å². The summed E-state index contributed by atoms with van der Waals surface area (Å²) in [4.78, 5) is 33.2. The van der Waals surface area contributed by atoms with E-state index in [0.717, 1.165) is 23.2 Å². The zero-order valence-corrected chi connectivity index (χ0v) is 26.9. The van der Waals surface area contributed by atoms with Gasteiger partial charge < -0.3 is 20.1 Å². The monoisotopic (exact) mass is 641 g/mol. The zero-order valence-electron chi connectivity index (χ0n) is 26.9. The minimum atomic E-state index is -0.733. The van der Waals surface area contributed by atoms with Crippen LogP contribution in [0.1, 0.15) is 40.2 Å². The number of hydrogen-bond acceptors (Lipinski definition) is 7. The molecular weight excluding hydrogens is 602 g/mol. The van der Waals surface area contributed by atoms with Crippen molar-refractivity contribution >= 4 is 11.7 Å². The average molecular weight is 642 g/mol. The van der Waals surface area contributed by atoms with Crippen LogP contribution in [-0.4, -0.2) is 64.8 Å². The standard InChI is InChI=1S/C39H39N5O4/c1-38(28-40-23-25-47-38)33-26-43(27-35(48-33)44-24-22-34(42-37(44)46)41-36(45)29-14-6-2-7-15-29)39(30-16-8-3-9-17-30,31-18-10-4-11-19-31)32-20-12-5-13-21-32/h2-22,24,33,35,40H,23,25-28H2,1H3,(H,41,42,45,46). The number of rotatable bonds is 8. The van der Waals surface area contributed by atoms with Crippen LogP contribution in [0.25, 0.3) is 0 Å². The summed E-state index contributed by atoms with van der Waals surface area (Å²) in [7, 11) is 0. The van der Waals surface area contributed by atoms with Crippen LogP contribution >= 0.6 is 0 Å². The first-order valence-corrected chi connectivity index (χ1v) is 16.3. The van der Waals surface area contributed by atoms with Crippen LogP contribution in [0.15, 0.2) is 138 Å². The molecule has 1 aromatic heterocycles. The number of nitrogens with zero attached hydrogens (tertiary/aromatic N) is 3. The highest BCUT2D eigenvalue weighted by molar-refractivity contribution is 6.03. The Kier molecular flexibility index (Phi) is 9.01. The Morgan fingerprint density at radius 3 is 1.92 bits per heavy atom. The summed E-state index contributed by atoms with van der Waals surface area (Å²) < 4.78 is 14.8. The van der Waals surface area contributed by atoms with E-state index >= 15 is 0 Å². The Hall–Kier alpha value is -4.93. The third kappa shape index (κ3) is 6.09. The number of ether oxygens (including phenoxy) is 2. The number of carbonyl (C=O) groups is 1. The number of benzene rings is 4. The van der Waals surface area contributed by atoms with Gasteiger partial charge in [0.05, 0.1) is 12.1 Å². The molecule has 244 valence electrons. The van der Waals surface area contributed by atoms with Gasteiger partial charge in [0.15, 0.2) is 6.23 Å². The van der Waals surface area contributed by atoms with Crippen LogP contribution in [0.3, 0.4) is 0 Å². The molecule has 2 N–H and O–H groups in total. The Bertz CT molecular complexity index is 1780. The van der Waals surface area contributed by atoms with Crippen molar-refractivity contribution in [3.63, 3.8) is 0 Å². The third-order valence-electron chi connectivity index (χ3n) is 9.42. The lowest BCUT2D eigenvalue weighted by Gasteiger charge is -2.53. The number of nitrogens with one attached hydrogen (secondary N) is 2. The maximum absolute atomic E-state index is 13.7. The predicted molar refractivity (Wildman–Crippen MR) is 185 cm³/mol. The molecule has 0 spiro atoms. The maximum atomic E-state index is 13.7. The first-order valence-electron chi connectivity index (χ1n) is 16.3. The van der Waals surface area contributed by atoms with Crippen LogP contribution in [-0.2, 0) is 15.0 Å². The molecule has 9 heteroatoms. The smallest absolute Gasteiger partial charge is 0.351 e. The van der Waals surface area contributed by atoms with Gasteiger partial charge in [-0.15, -0.1) is 0 Å². The summed E-state index contributed by atoms with van der Waals surface area (Å²) in [5.41, 5.74) is 1.85. The van der Waals surface area contributed by atoms with Gasteiger partial charge in [0.2, 0.25) is 0 Å². The molecule has 7 rings (SSSR count). The van der Waals surface area contributed by atoms with Gasteiger partial charge in [0.1, 0.15) is 17.5 Å². The van der Waals surface area contributed by atoms with Gasteiger partial charge in [-0.2, -0.15) is 4.98 Å². The van der Waals surface area contributed by atoms with Gasteiger partial charge in [-0.05, 0) is 41.8 Å². The molecule has 48 heavy (non-hydrogen) atoms. The van der Waals surface area contributed by atoms with Crippen LogP contribution in [0.2, 0.25) is 0 Å². The zero-order chi connectivity index (χ0) is 33.0. The van der Waals surface area contributed by atoms with Gasteiger partial charge in [-0.1, -0.05) is 109 Å². The molecule has 5 aromatic rings. The van der Waals surface area contributed by atoms with Crippen LogP contribution in [0.5, 0.6) is 0 Å². The summed E-state index contributed by atoms with van der Waals surface area (Å²) in [6, 6.07) is 42.0. The fourth-order valence-electron chi connectivity index (χ4n) is 7.02. The SMILES string of the molecule is CC1(C2CN(C(c3ccccc3)(c3ccccc3)c3ccccc3)CC(n3ccc(NC(=O)c4ccccc4)nc3=O)O2)CNCCO1. The Balaban J connectivity index is 1.33. The van der Waals surface area contributed by atoms with Gasteiger partial charge in [0.25, 0.3) is 5.91 Å². The predicted octanol–water partition coefficient (Wildman–Crippen LogP) is 5.07. The maximum Gasteiger partial charge on any atom is 0.351 e. The van der Waals surface area contributed by atoms with Gasteiger partial charge in [0, 0.05) is 37.9 Å². The highest BCUT2D eigenvalue weighted by Crippen LogP contribution is 2.45. The number of carbonyl (C=O) groups excluding carboxylic acids is 1. The van der Waals surface area contributed by atoms with E-state index in [2.05, 4.69) is 100 Å². The third-order valence-corrected chi connectivity index (χ3v) is 9.42. The average Bonchev–Trinajstić information content (AvgIpc) is 3.14. The van der Waals surface area contributed by atoms with Crippen molar-refractivity contribution in [1.82, 2.24) is 19.8 Å². The molecule has 0 saturated carbocycles. The van der Waals surface area contributed by atoms with Crippen LogP contribution in [0.4, 0.5) is 5.82 Å². The largest absolute Gasteiger partial charge is 0.370 e. The summed E-state index contributed by atoms with van der Waals surface area (Å²) in [6.45, 7) is 4.89. The molecule has 0 bridgehead atoms. The topological polar surface area (TPSA) is 97.7 Å². The van der Waals surface area contributed by atoms with Crippen molar-refractivity contribution in [2.75, 3.05) is 38.1 Å². The molecule has 0 aliphatic carbocycles. The van der Waals surface area contributed by atoms with E-state index in [4.69, 9.17) is 9.47 Å². The fraction of sp³-hybridized carbons (Fsp3) is 0.256. The Morgan fingerprint density at radius 1 is 0.833 bits per heavy atom. The highest BCUT2D eigenvalue weighted by atomic mass is 16.6. The Morgan fingerprint density at radius 2 is 1.40 bits per heavy atom. The minimum Gasteiger partial charge on any atom is -0.370 e. The minimum absolute atomic E-state index is 0.174.